The van der Waals surface area contributed by atoms with Crippen molar-refractivity contribution in [3.63, 3.8) is 0 Å². The number of amides is 1. The summed E-state index contributed by atoms with van der Waals surface area (Å²) in [6, 6.07) is 0.901. The van der Waals surface area contributed by atoms with E-state index in [4.69, 9.17) is 11.6 Å². The minimum Gasteiger partial charge on any atom is -0.352 e. The Kier molecular flexibility index (Phi) is 5.92. The minimum absolute atomic E-state index is 0.0204. The number of carbonyl (C=O) groups excluding carboxylic acids is 1. The van der Waals surface area contributed by atoms with Crippen molar-refractivity contribution in [2.75, 3.05) is 50.7 Å². The Bertz CT molecular complexity index is 641. The summed E-state index contributed by atoms with van der Waals surface area (Å²) in [6.45, 7) is 4.43. The van der Waals surface area contributed by atoms with Gasteiger partial charge in [0.25, 0.3) is 0 Å². The van der Waals surface area contributed by atoms with Crippen LogP contribution in [0.5, 0.6) is 0 Å². The van der Waals surface area contributed by atoms with Crippen LogP contribution in [0.3, 0.4) is 0 Å². The molecule has 2 aliphatic rings. The van der Waals surface area contributed by atoms with E-state index >= 15 is 0 Å². The molecular formula is C17H22ClF3N4O. The number of aromatic nitrogens is 1. The lowest BCUT2D eigenvalue weighted by Crippen LogP contribution is -2.52. The lowest BCUT2D eigenvalue weighted by molar-refractivity contribution is -0.138. The number of halogens is 4. The Balaban J connectivity index is 1.55. The Labute approximate surface area is 155 Å². The van der Waals surface area contributed by atoms with Gasteiger partial charge in [-0.05, 0) is 32.0 Å². The van der Waals surface area contributed by atoms with E-state index in [1.54, 1.807) is 0 Å². The Morgan fingerprint density at radius 3 is 2.31 bits per heavy atom. The van der Waals surface area contributed by atoms with Gasteiger partial charge in [-0.25, -0.2) is 4.98 Å². The fourth-order valence-corrected chi connectivity index (χ4v) is 3.68. The largest absolute Gasteiger partial charge is 0.417 e. The molecule has 1 aromatic rings. The normalized spacial score (nSPS) is 19.7. The summed E-state index contributed by atoms with van der Waals surface area (Å²) in [7, 11) is 0. The van der Waals surface area contributed by atoms with Crippen molar-refractivity contribution < 1.29 is 18.0 Å². The van der Waals surface area contributed by atoms with Gasteiger partial charge in [0.1, 0.15) is 5.82 Å². The Morgan fingerprint density at radius 2 is 1.73 bits per heavy atom. The number of hydrogen-bond acceptors (Lipinski definition) is 4. The van der Waals surface area contributed by atoms with Crippen LogP contribution in [-0.2, 0) is 11.0 Å². The number of carbonyl (C=O) groups is 1. The summed E-state index contributed by atoms with van der Waals surface area (Å²) in [5, 5.41) is -0.0204. The maximum atomic E-state index is 12.7. The molecule has 26 heavy (non-hydrogen) atoms. The average molecular weight is 391 g/mol. The van der Waals surface area contributed by atoms with E-state index in [1.165, 1.54) is 6.42 Å². The number of hydrogen-bond donors (Lipinski definition) is 0. The topological polar surface area (TPSA) is 39.7 Å². The third kappa shape index (κ3) is 4.59. The Morgan fingerprint density at radius 1 is 1.08 bits per heavy atom. The van der Waals surface area contributed by atoms with Gasteiger partial charge >= 0.3 is 6.18 Å². The summed E-state index contributed by atoms with van der Waals surface area (Å²) in [4.78, 5) is 22.1. The predicted octanol–water partition coefficient (Wildman–Crippen LogP) is 2.89. The third-order valence-corrected chi connectivity index (χ3v) is 5.17. The van der Waals surface area contributed by atoms with Gasteiger partial charge in [0.2, 0.25) is 5.91 Å². The van der Waals surface area contributed by atoms with Gasteiger partial charge < -0.3 is 9.80 Å². The first-order valence-corrected chi connectivity index (χ1v) is 9.20. The number of anilines is 1. The number of nitrogens with zero attached hydrogens (tertiary/aromatic N) is 4. The first-order chi connectivity index (χ1) is 12.3. The van der Waals surface area contributed by atoms with E-state index in [2.05, 4.69) is 9.88 Å². The molecule has 0 N–H and O–H groups in total. The van der Waals surface area contributed by atoms with Gasteiger partial charge in [-0.3, -0.25) is 9.69 Å². The maximum Gasteiger partial charge on any atom is 0.417 e. The van der Waals surface area contributed by atoms with Crippen molar-refractivity contribution >= 4 is 23.3 Å². The summed E-state index contributed by atoms with van der Waals surface area (Å²) in [5.74, 6) is 0.445. The first kappa shape index (κ1) is 19.2. The molecule has 0 bridgehead atoms. The number of likely N-dealkylation sites (tertiary alicyclic amines) is 1. The van der Waals surface area contributed by atoms with E-state index in [0.717, 1.165) is 38.2 Å². The molecule has 0 radical (unpaired) electrons. The van der Waals surface area contributed by atoms with Crippen molar-refractivity contribution in [3.05, 3.63) is 22.8 Å². The van der Waals surface area contributed by atoms with Crippen LogP contribution >= 0.6 is 11.6 Å². The van der Waals surface area contributed by atoms with E-state index in [9.17, 15) is 18.0 Å². The second kappa shape index (κ2) is 8.00. The second-order valence-electron chi connectivity index (χ2n) is 6.73. The molecule has 2 aliphatic heterocycles. The van der Waals surface area contributed by atoms with Crippen molar-refractivity contribution in [2.24, 2.45) is 0 Å². The van der Waals surface area contributed by atoms with Crippen LogP contribution in [0.25, 0.3) is 0 Å². The van der Waals surface area contributed by atoms with Crippen LogP contribution in [0.1, 0.15) is 24.8 Å². The van der Waals surface area contributed by atoms with Gasteiger partial charge in [0.15, 0.2) is 0 Å². The zero-order chi connectivity index (χ0) is 18.7. The molecule has 1 amide bonds. The van der Waals surface area contributed by atoms with Gasteiger partial charge in [-0.15, -0.1) is 0 Å². The van der Waals surface area contributed by atoms with Crippen LogP contribution in [-0.4, -0.2) is 66.5 Å². The predicted molar refractivity (Wildman–Crippen MR) is 93.3 cm³/mol. The van der Waals surface area contributed by atoms with E-state index in [0.29, 0.717) is 38.5 Å². The quantitative estimate of drug-likeness (QED) is 0.795. The Hall–Kier alpha value is -1.54. The molecule has 1 aromatic heterocycles. The SMILES string of the molecule is O=C(CN1CCCCC1)N1CCN(c2ncc(C(F)(F)F)cc2Cl)CC1. The van der Waals surface area contributed by atoms with Crippen molar-refractivity contribution in [1.29, 1.82) is 0 Å². The van der Waals surface area contributed by atoms with E-state index in [1.807, 2.05) is 9.80 Å². The first-order valence-electron chi connectivity index (χ1n) is 8.82. The number of piperazine rings is 1. The molecule has 144 valence electrons. The maximum absolute atomic E-state index is 12.7. The second-order valence-corrected chi connectivity index (χ2v) is 7.14. The average Bonchev–Trinajstić information content (AvgIpc) is 2.62. The molecule has 0 aromatic carbocycles. The van der Waals surface area contributed by atoms with Gasteiger partial charge in [-0.2, -0.15) is 13.2 Å². The highest BCUT2D eigenvalue weighted by molar-refractivity contribution is 6.33. The number of piperidine rings is 1. The van der Waals surface area contributed by atoms with E-state index in [-0.39, 0.29) is 10.9 Å². The lowest BCUT2D eigenvalue weighted by atomic mass is 10.1. The standard InChI is InChI=1S/C17H22ClF3N4O/c18-14-10-13(17(19,20)21)11-22-16(14)25-8-6-24(7-9-25)15(26)12-23-4-2-1-3-5-23/h10-11H,1-9,12H2. The van der Waals surface area contributed by atoms with Crippen LogP contribution < -0.4 is 4.90 Å². The number of alkyl halides is 3. The summed E-state index contributed by atoms with van der Waals surface area (Å²) >= 11 is 6.01. The molecule has 0 saturated carbocycles. The zero-order valence-corrected chi connectivity index (χ0v) is 15.2. The summed E-state index contributed by atoms with van der Waals surface area (Å²) < 4.78 is 38.1. The molecule has 9 heteroatoms. The van der Waals surface area contributed by atoms with E-state index < -0.39 is 11.7 Å². The number of rotatable bonds is 3. The highest BCUT2D eigenvalue weighted by Crippen LogP contribution is 2.33. The van der Waals surface area contributed by atoms with Crippen molar-refractivity contribution in [1.82, 2.24) is 14.8 Å². The van der Waals surface area contributed by atoms with Crippen LogP contribution in [0.15, 0.2) is 12.3 Å². The van der Waals surface area contributed by atoms with Crippen molar-refractivity contribution in [3.8, 4) is 0 Å². The minimum atomic E-state index is -4.46. The van der Waals surface area contributed by atoms with Crippen LogP contribution in [0.2, 0.25) is 5.02 Å². The highest BCUT2D eigenvalue weighted by Gasteiger charge is 2.32. The lowest BCUT2D eigenvalue weighted by Gasteiger charge is -2.37. The third-order valence-electron chi connectivity index (χ3n) is 4.89. The molecule has 5 nitrogen and oxygen atoms in total. The molecule has 0 aliphatic carbocycles. The van der Waals surface area contributed by atoms with Gasteiger partial charge in [0, 0.05) is 32.4 Å². The molecule has 3 rings (SSSR count). The van der Waals surface area contributed by atoms with Gasteiger partial charge in [0.05, 0.1) is 17.1 Å². The van der Waals surface area contributed by atoms with Crippen molar-refractivity contribution in [2.45, 2.75) is 25.4 Å². The highest BCUT2D eigenvalue weighted by atomic mass is 35.5. The van der Waals surface area contributed by atoms with Crippen LogP contribution in [0.4, 0.5) is 19.0 Å². The molecule has 0 atom stereocenters. The monoisotopic (exact) mass is 390 g/mol. The molecule has 3 heterocycles. The fraction of sp³-hybridized carbons (Fsp3) is 0.647. The molecule has 0 unspecified atom stereocenters. The van der Waals surface area contributed by atoms with Crippen LogP contribution in [0, 0.1) is 0 Å². The molecule has 2 saturated heterocycles. The molecule has 2 fully saturated rings. The zero-order valence-electron chi connectivity index (χ0n) is 14.4. The van der Waals surface area contributed by atoms with Gasteiger partial charge in [-0.1, -0.05) is 18.0 Å². The molecular weight excluding hydrogens is 369 g/mol. The summed E-state index contributed by atoms with van der Waals surface area (Å²) in [5.41, 5.74) is -0.860. The number of pyridine rings is 1. The smallest absolute Gasteiger partial charge is 0.352 e. The fourth-order valence-electron chi connectivity index (χ4n) is 3.39. The summed E-state index contributed by atoms with van der Waals surface area (Å²) in [6.07, 6.45) is -0.160. The molecule has 0 spiro atoms.